The van der Waals surface area contributed by atoms with Crippen molar-refractivity contribution < 1.29 is 9.47 Å². The summed E-state index contributed by atoms with van der Waals surface area (Å²) in [6.07, 6.45) is 3.27. The summed E-state index contributed by atoms with van der Waals surface area (Å²) in [5.41, 5.74) is 9.41. The van der Waals surface area contributed by atoms with Crippen LogP contribution in [0.2, 0.25) is 0 Å². The fourth-order valence-electron chi connectivity index (χ4n) is 5.29. The molecule has 0 saturated carbocycles. The quantitative estimate of drug-likeness (QED) is 0.382. The number of rotatable bonds is 9. The summed E-state index contributed by atoms with van der Waals surface area (Å²) >= 11 is 0. The van der Waals surface area contributed by atoms with Crippen LogP contribution in [0.25, 0.3) is 0 Å². The zero-order chi connectivity index (χ0) is 23.4. The number of hydrogen-bond acceptors (Lipinski definition) is 2. The first-order valence-electron chi connectivity index (χ1n) is 12.0. The largest absolute Gasteiger partial charge is 0.346 e. The second-order valence-electron chi connectivity index (χ2n) is 9.87. The molecule has 0 bridgehead atoms. The summed E-state index contributed by atoms with van der Waals surface area (Å²) in [6, 6.07) is 10.5. The van der Waals surface area contributed by atoms with Crippen LogP contribution in [0.15, 0.2) is 30.3 Å². The van der Waals surface area contributed by atoms with Gasteiger partial charge in [0.1, 0.15) is 0 Å². The van der Waals surface area contributed by atoms with Crippen LogP contribution in [0.5, 0.6) is 0 Å². The van der Waals surface area contributed by atoms with E-state index in [0.717, 1.165) is 24.8 Å². The van der Waals surface area contributed by atoms with Crippen LogP contribution in [0, 0.1) is 6.92 Å². The molecule has 2 nitrogen and oxygen atoms in total. The molecule has 2 heteroatoms. The highest BCUT2D eigenvalue weighted by atomic mass is 16.7. The van der Waals surface area contributed by atoms with Crippen molar-refractivity contribution in [1.29, 1.82) is 0 Å². The molecule has 0 radical (unpaired) electrons. The number of methoxy groups -OCH3 is 1. The fraction of sp³-hybridized carbons (Fsp3) is 0.586. The molecule has 0 aromatic heterocycles. The Morgan fingerprint density at radius 3 is 1.94 bits per heavy atom. The lowest BCUT2D eigenvalue weighted by Gasteiger charge is -2.42. The van der Waals surface area contributed by atoms with Crippen LogP contribution in [-0.4, -0.2) is 13.7 Å². The van der Waals surface area contributed by atoms with Crippen molar-refractivity contribution in [3.8, 4) is 0 Å². The Morgan fingerprint density at radius 1 is 0.903 bits per heavy atom. The molecule has 0 heterocycles. The van der Waals surface area contributed by atoms with Crippen molar-refractivity contribution in [1.82, 2.24) is 0 Å². The standard InChI is InChI=1S/C29H44O2/c1-11-17-24-23(12-2)21(6)26(27(28(7,8)9)25(24)20(4)5)29(30-10,31-13-3)22-18-15-14-16-19-22/h14-16,18-20H,11-13,17H2,1-10H3. The minimum atomic E-state index is -0.930. The second-order valence-corrected chi connectivity index (χ2v) is 9.87. The van der Waals surface area contributed by atoms with Gasteiger partial charge in [0.05, 0.1) is 0 Å². The molecular weight excluding hydrogens is 380 g/mol. The molecule has 2 rings (SSSR count). The summed E-state index contributed by atoms with van der Waals surface area (Å²) < 4.78 is 13.0. The molecule has 0 amide bonds. The molecule has 0 fully saturated rings. The summed E-state index contributed by atoms with van der Waals surface area (Å²) in [7, 11) is 1.79. The molecule has 0 aliphatic rings. The lowest BCUT2D eigenvalue weighted by atomic mass is 9.69. The van der Waals surface area contributed by atoms with E-state index in [0.29, 0.717) is 12.5 Å². The molecule has 31 heavy (non-hydrogen) atoms. The van der Waals surface area contributed by atoms with E-state index in [2.05, 4.69) is 92.6 Å². The second kappa shape index (κ2) is 10.3. The Bertz CT molecular complexity index is 859. The van der Waals surface area contributed by atoms with E-state index in [4.69, 9.17) is 9.47 Å². The lowest BCUT2D eigenvalue weighted by molar-refractivity contribution is -0.200. The highest BCUT2D eigenvalue weighted by Gasteiger charge is 2.43. The SMILES string of the molecule is CCCc1c(CC)c(C)c(C(OC)(OCC)c2ccccc2)c(C(C)(C)C)c1C(C)C. The predicted molar refractivity (Wildman–Crippen MR) is 133 cm³/mol. The zero-order valence-corrected chi connectivity index (χ0v) is 21.6. The van der Waals surface area contributed by atoms with Gasteiger partial charge in [0, 0.05) is 24.8 Å². The number of benzene rings is 2. The van der Waals surface area contributed by atoms with E-state index >= 15 is 0 Å². The smallest absolute Gasteiger partial charge is 0.222 e. The molecule has 0 aliphatic heterocycles. The summed E-state index contributed by atoms with van der Waals surface area (Å²) in [5, 5.41) is 0. The third-order valence-electron chi connectivity index (χ3n) is 6.34. The van der Waals surface area contributed by atoms with E-state index < -0.39 is 5.79 Å². The van der Waals surface area contributed by atoms with Crippen LogP contribution >= 0.6 is 0 Å². The zero-order valence-electron chi connectivity index (χ0n) is 21.6. The maximum Gasteiger partial charge on any atom is 0.222 e. The summed E-state index contributed by atoms with van der Waals surface area (Å²) in [4.78, 5) is 0. The first-order chi connectivity index (χ1) is 14.6. The van der Waals surface area contributed by atoms with Gasteiger partial charge < -0.3 is 9.47 Å². The van der Waals surface area contributed by atoms with Crippen molar-refractivity contribution in [2.24, 2.45) is 0 Å². The van der Waals surface area contributed by atoms with Crippen molar-refractivity contribution in [2.75, 3.05) is 13.7 Å². The molecule has 2 aromatic carbocycles. The fourth-order valence-corrected chi connectivity index (χ4v) is 5.29. The number of hydrogen-bond donors (Lipinski definition) is 0. The monoisotopic (exact) mass is 424 g/mol. The molecule has 0 N–H and O–H groups in total. The van der Waals surface area contributed by atoms with Gasteiger partial charge in [0.2, 0.25) is 5.79 Å². The van der Waals surface area contributed by atoms with Crippen LogP contribution < -0.4 is 0 Å². The summed E-state index contributed by atoms with van der Waals surface area (Å²) in [6.45, 7) is 21.1. The van der Waals surface area contributed by atoms with Gasteiger partial charge >= 0.3 is 0 Å². The highest BCUT2D eigenvalue weighted by molar-refractivity contribution is 5.59. The Labute approximate surface area is 191 Å². The van der Waals surface area contributed by atoms with Gasteiger partial charge in [-0.1, -0.05) is 85.2 Å². The third-order valence-corrected chi connectivity index (χ3v) is 6.34. The first kappa shape index (κ1) is 25.6. The predicted octanol–water partition coefficient (Wildman–Crippen LogP) is 7.81. The minimum absolute atomic E-state index is 0.0515. The van der Waals surface area contributed by atoms with Gasteiger partial charge in [-0.25, -0.2) is 0 Å². The molecule has 0 saturated heterocycles. The maximum atomic E-state index is 6.58. The average Bonchev–Trinajstić information content (AvgIpc) is 2.72. The van der Waals surface area contributed by atoms with Crippen LogP contribution in [0.1, 0.15) is 107 Å². The van der Waals surface area contributed by atoms with Crippen molar-refractivity contribution in [2.45, 2.75) is 98.7 Å². The molecule has 1 unspecified atom stereocenters. The van der Waals surface area contributed by atoms with Gasteiger partial charge in [-0.2, -0.15) is 0 Å². The van der Waals surface area contributed by atoms with Crippen LogP contribution in [0.4, 0.5) is 0 Å². The Morgan fingerprint density at radius 2 is 1.52 bits per heavy atom. The van der Waals surface area contributed by atoms with Crippen molar-refractivity contribution in [3.63, 3.8) is 0 Å². The van der Waals surface area contributed by atoms with Gasteiger partial charge in [-0.3, -0.25) is 0 Å². The van der Waals surface area contributed by atoms with Crippen molar-refractivity contribution in [3.05, 3.63) is 69.3 Å². The Hall–Kier alpha value is -1.64. The molecule has 0 spiro atoms. The van der Waals surface area contributed by atoms with Gasteiger partial charge in [-0.15, -0.1) is 0 Å². The molecule has 172 valence electrons. The van der Waals surface area contributed by atoms with E-state index in [-0.39, 0.29) is 5.41 Å². The normalized spacial score (nSPS) is 14.2. The van der Waals surface area contributed by atoms with Crippen molar-refractivity contribution >= 4 is 0 Å². The van der Waals surface area contributed by atoms with E-state index in [9.17, 15) is 0 Å². The number of ether oxygens (including phenoxy) is 2. The third kappa shape index (κ3) is 4.76. The van der Waals surface area contributed by atoms with E-state index in [1.54, 1.807) is 12.7 Å². The highest BCUT2D eigenvalue weighted by Crippen LogP contribution is 2.48. The van der Waals surface area contributed by atoms with E-state index in [1.807, 2.05) is 0 Å². The average molecular weight is 425 g/mol. The maximum absolute atomic E-state index is 6.58. The van der Waals surface area contributed by atoms with Crippen LogP contribution in [-0.2, 0) is 33.5 Å². The molecule has 1 atom stereocenters. The topological polar surface area (TPSA) is 18.5 Å². The molecule has 2 aromatic rings. The Kier molecular flexibility index (Phi) is 8.53. The Balaban J connectivity index is 3.18. The van der Waals surface area contributed by atoms with E-state index in [1.165, 1.54) is 27.8 Å². The summed E-state index contributed by atoms with van der Waals surface area (Å²) in [5.74, 6) is -0.506. The molecule has 0 aliphatic carbocycles. The minimum Gasteiger partial charge on any atom is -0.346 e. The van der Waals surface area contributed by atoms with Gasteiger partial charge in [0.25, 0.3) is 0 Å². The lowest BCUT2D eigenvalue weighted by Crippen LogP contribution is -2.39. The molecular formula is C29H44O2. The first-order valence-corrected chi connectivity index (χ1v) is 12.0. The van der Waals surface area contributed by atoms with Crippen LogP contribution in [0.3, 0.4) is 0 Å². The van der Waals surface area contributed by atoms with Gasteiger partial charge in [0.15, 0.2) is 0 Å². The van der Waals surface area contributed by atoms with Gasteiger partial charge in [-0.05, 0) is 65.8 Å².